The highest BCUT2D eigenvalue weighted by molar-refractivity contribution is 6.33. The van der Waals surface area contributed by atoms with Crippen molar-refractivity contribution in [3.05, 3.63) is 70.4 Å². The van der Waals surface area contributed by atoms with Gasteiger partial charge in [-0.25, -0.2) is 4.79 Å². The second-order valence-corrected chi connectivity index (χ2v) is 5.84. The number of nitrogens with one attached hydrogen (secondary N) is 1. The van der Waals surface area contributed by atoms with Gasteiger partial charge in [-0.3, -0.25) is 4.79 Å². The fourth-order valence-electron chi connectivity index (χ4n) is 2.54. The molecule has 0 aliphatic rings. The largest absolute Gasteiger partial charge is 0.465 e. The van der Waals surface area contributed by atoms with E-state index in [1.807, 2.05) is 0 Å². The number of rotatable bonds is 4. The van der Waals surface area contributed by atoms with Gasteiger partial charge >= 0.3 is 5.97 Å². The molecule has 1 amide bonds. The number of para-hydroxylation sites is 1. The fraction of sp³-hybridized carbons (Fsp3) is 0.105. The van der Waals surface area contributed by atoms with E-state index in [1.54, 1.807) is 55.5 Å². The molecule has 0 spiro atoms. The summed E-state index contributed by atoms with van der Waals surface area (Å²) >= 11 is 6.22. The smallest absolute Gasteiger partial charge is 0.339 e. The molecular formula is C19H15ClN2O4. The van der Waals surface area contributed by atoms with Gasteiger partial charge in [-0.2, -0.15) is 0 Å². The molecule has 0 fully saturated rings. The number of methoxy groups -OCH3 is 1. The van der Waals surface area contributed by atoms with Gasteiger partial charge in [-0.05, 0) is 25.1 Å². The fourth-order valence-corrected chi connectivity index (χ4v) is 2.77. The van der Waals surface area contributed by atoms with Gasteiger partial charge in [0.2, 0.25) is 0 Å². The van der Waals surface area contributed by atoms with Crippen LogP contribution >= 0.6 is 11.6 Å². The number of hydrogen-bond donors (Lipinski definition) is 1. The summed E-state index contributed by atoms with van der Waals surface area (Å²) in [5, 5.41) is 7.14. The van der Waals surface area contributed by atoms with Gasteiger partial charge in [-0.15, -0.1) is 0 Å². The molecule has 0 saturated carbocycles. The summed E-state index contributed by atoms with van der Waals surface area (Å²) in [5.74, 6) is -0.669. The number of aryl methyl sites for hydroxylation is 1. The van der Waals surface area contributed by atoms with Gasteiger partial charge in [0, 0.05) is 5.56 Å². The molecule has 1 aromatic heterocycles. The number of nitrogens with zero attached hydrogens (tertiary/aromatic N) is 1. The first-order valence-corrected chi connectivity index (χ1v) is 8.10. The lowest BCUT2D eigenvalue weighted by Gasteiger charge is -2.10. The molecule has 7 heteroatoms. The third-order valence-corrected chi connectivity index (χ3v) is 4.13. The van der Waals surface area contributed by atoms with Crippen LogP contribution in [0.25, 0.3) is 11.3 Å². The number of halogens is 1. The molecular weight excluding hydrogens is 356 g/mol. The maximum Gasteiger partial charge on any atom is 0.339 e. The number of benzene rings is 2. The van der Waals surface area contributed by atoms with Crippen molar-refractivity contribution in [2.75, 3.05) is 12.4 Å². The lowest BCUT2D eigenvalue weighted by molar-refractivity contribution is 0.0602. The van der Waals surface area contributed by atoms with E-state index >= 15 is 0 Å². The lowest BCUT2D eigenvalue weighted by atomic mass is 10.1. The summed E-state index contributed by atoms with van der Waals surface area (Å²) in [6, 6.07) is 13.6. The minimum atomic E-state index is -0.547. The predicted octanol–water partition coefficient (Wildman–Crippen LogP) is 4.34. The maximum atomic E-state index is 12.9. The van der Waals surface area contributed by atoms with Gasteiger partial charge in [0.15, 0.2) is 0 Å². The number of ether oxygens (including phenoxy) is 1. The zero-order valence-electron chi connectivity index (χ0n) is 14.1. The van der Waals surface area contributed by atoms with Crippen molar-refractivity contribution in [2.24, 2.45) is 0 Å². The van der Waals surface area contributed by atoms with Crippen LogP contribution in [0, 0.1) is 6.92 Å². The molecule has 1 heterocycles. The van der Waals surface area contributed by atoms with Crippen LogP contribution in [0.2, 0.25) is 5.02 Å². The van der Waals surface area contributed by atoms with E-state index in [-0.39, 0.29) is 11.1 Å². The monoisotopic (exact) mass is 370 g/mol. The molecule has 0 atom stereocenters. The average molecular weight is 371 g/mol. The summed E-state index contributed by atoms with van der Waals surface area (Å²) in [7, 11) is 1.28. The van der Waals surface area contributed by atoms with E-state index in [2.05, 4.69) is 10.5 Å². The van der Waals surface area contributed by atoms with E-state index in [0.29, 0.717) is 27.7 Å². The van der Waals surface area contributed by atoms with Crippen LogP contribution in [0.1, 0.15) is 26.5 Å². The molecule has 0 aliphatic heterocycles. The van der Waals surface area contributed by atoms with Gasteiger partial charge in [0.25, 0.3) is 5.91 Å². The van der Waals surface area contributed by atoms with E-state index in [1.165, 1.54) is 7.11 Å². The minimum absolute atomic E-state index is 0.247. The Morgan fingerprint density at radius 2 is 1.81 bits per heavy atom. The van der Waals surface area contributed by atoms with Crippen LogP contribution in [-0.4, -0.2) is 24.1 Å². The predicted molar refractivity (Wildman–Crippen MR) is 97.4 cm³/mol. The second-order valence-electron chi connectivity index (χ2n) is 5.43. The Balaban J connectivity index is 2.00. The van der Waals surface area contributed by atoms with Crippen LogP contribution in [-0.2, 0) is 4.74 Å². The molecule has 0 unspecified atom stereocenters. The van der Waals surface area contributed by atoms with Crippen LogP contribution in [0.5, 0.6) is 0 Å². The van der Waals surface area contributed by atoms with Crippen LogP contribution in [0.15, 0.2) is 53.1 Å². The zero-order valence-corrected chi connectivity index (χ0v) is 14.8. The number of aromatic nitrogens is 1. The van der Waals surface area contributed by atoms with Gasteiger partial charge in [0.1, 0.15) is 17.0 Å². The summed E-state index contributed by atoms with van der Waals surface area (Å²) in [6.45, 7) is 1.63. The molecule has 0 saturated heterocycles. The Labute approximate surface area is 154 Å². The highest BCUT2D eigenvalue weighted by atomic mass is 35.5. The highest BCUT2D eigenvalue weighted by Gasteiger charge is 2.24. The molecule has 26 heavy (non-hydrogen) atoms. The molecule has 132 valence electrons. The summed E-state index contributed by atoms with van der Waals surface area (Å²) in [5.41, 5.74) is 1.74. The second kappa shape index (κ2) is 7.41. The van der Waals surface area contributed by atoms with Crippen molar-refractivity contribution in [3.63, 3.8) is 0 Å². The summed E-state index contributed by atoms with van der Waals surface area (Å²) in [6.07, 6.45) is 0. The van der Waals surface area contributed by atoms with Gasteiger partial charge < -0.3 is 14.6 Å². The first-order valence-electron chi connectivity index (χ1n) is 7.72. The van der Waals surface area contributed by atoms with Crippen molar-refractivity contribution in [1.82, 2.24) is 5.16 Å². The Kier molecular flexibility index (Phi) is 5.04. The summed E-state index contributed by atoms with van der Waals surface area (Å²) < 4.78 is 9.94. The molecule has 1 N–H and O–H groups in total. The van der Waals surface area contributed by atoms with E-state index in [4.69, 9.17) is 20.9 Å². The van der Waals surface area contributed by atoms with Gasteiger partial charge in [-0.1, -0.05) is 47.1 Å². The SMILES string of the molecule is COC(=O)c1ccccc1NC(=O)c1c(-c2ccccc2Cl)noc1C. The topological polar surface area (TPSA) is 81.4 Å². The normalized spacial score (nSPS) is 10.4. The van der Waals surface area contributed by atoms with Crippen LogP contribution in [0.4, 0.5) is 5.69 Å². The molecule has 6 nitrogen and oxygen atoms in total. The quantitative estimate of drug-likeness (QED) is 0.691. The van der Waals surface area contributed by atoms with Crippen molar-refractivity contribution < 1.29 is 18.8 Å². The number of anilines is 1. The Bertz CT molecular complexity index is 981. The number of carbonyl (C=O) groups is 2. The molecule has 0 radical (unpaired) electrons. The van der Waals surface area contributed by atoms with Crippen molar-refractivity contribution >= 4 is 29.2 Å². The number of hydrogen-bond acceptors (Lipinski definition) is 5. The van der Waals surface area contributed by atoms with E-state index in [0.717, 1.165) is 0 Å². The number of esters is 1. The third kappa shape index (κ3) is 3.32. The molecule has 3 aromatic rings. The first-order chi connectivity index (χ1) is 12.5. The standard InChI is InChI=1S/C19H15ClN2O4/c1-11-16(17(22-26-11)12-7-3-5-9-14(12)20)18(23)21-15-10-6-4-8-13(15)19(24)25-2/h3-10H,1-2H3,(H,21,23). The third-order valence-electron chi connectivity index (χ3n) is 3.80. The summed E-state index contributed by atoms with van der Waals surface area (Å²) in [4.78, 5) is 24.7. The van der Waals surface area contributed by atoms with Crippen LogP contribution < -0.4 is 5.32 Å². The maximum absolute atomic E-state index is 12.9. The van der Waals surface area contributed by atoms with Crippen LogP contribution in [0.3, 0.4) is 0 Å². The average Bonchev–Trinajstić information content (AvgIpc) is 3.03. The van der Waals surface area contributed by atoms with E-state index in [9.17, 15) is 9.59 Å². The Morgan fingerprint density at radius 1 is 1.12 bits per heavy atom. The van der Waals surface area contributed by atoms with E-state index < -0.39 is 11.9 Å². The number of amides is 1. The van der Waals surface area contributed by atoms with Crippen molar-refractivity contribution in [2.45, 2.75) is 6.92 Å². The Morgan fingerprint density at radius 3 is 2.54 bits per heavy atom. The lowest BCUT2D eigenvalue weighted by Crippen LogP contribution is -2.16. The molecule has 2 aromatic carbocycles. The molecule has 0 bridgehead atoms. The van der Waals surface area contributed by atoms with Gasteiger partial charge in [0.05, 0.1) is 23.4 Å². The minimum Gasteiger partial charge on any atom is -0.465 e. The number of carbonyl (C=O) groups excluding carboxylic acids is 2. The molecule has 3 rings (SSSR count). The van der Waals surface area contributed by atoms with Crippen molar-refractivity contribution in [1.29, 1.82) is 0 Å². The molecule has 0 aliphatic carbocycles. The highest BCUT2D eigenvalue weighted by Crippen LogP contribution is 2.31. The first kappa shape index (κ1) is 17.7. The zero-order chi connectivity index (χ0) is 18.7. The van der Waals surface area contributed by atoms with Crippen molar-refractivity contribution in [3.8, 4) is 11.3 Å². The Hall–Kier alpha value is -3.12.